The van der Waals surface area contributed by atoms with Crippen molar-refractivity contribution in [3.05, 3.63) is 87.7 Å². The monoisotopic (exact) mass is 404 g/mol. The minimum Gasteiger partial charge on any atom is -0.352 e. The van der Waals surface area contributed by atoms with Crippen molar-refractivity contribution in [3.8, 4) is 5.69 Å². The van der Waals surface area contributed by atoms with Gasteiger partial charge < -0.3 is 5.32 Å². The molecule has 1 aromatic heterocycles. The lowest BCUT2D eigenvalue weighted by Crippen LogP contribution is -2.28. The number of nitro benzene ring substituents is 1. The van der Waals surface area contributed by atoms with Crippen LogP contribution in [-0.2, 0) is 12.6 Å². The van der Waals surface area contributed by atoms with Crippen LogP contribution in [0.4, 0.5) is 18.9 Å². The first-order valence-corrected chi connectivity index (χ1v) is 8.49. The number of carbonyl (C=O) groups excluding carboxylic acids is 1. The first-order chi connectivity index (χ1) is 13.8. The number of hydrogen-bond acceptors (Lipinski definition) is 4. The number of nitro groups is 1. The van der Waals surface area contributed by atoms with Gasteiger partial charge in [-0.15, -0.1) is 0 Å². The van der Waals surface area contributed by atoms with E-state index >= 15 is 0 Å². The fourth-order valence-electron chi connectivity index (χ4n) is 2.76. The Morgan fingerprint density at radius 2 is 1.76 bits per heavy atom. The minimum atomic E-state index is -4.86. The molecule has 3 aromatic rings. The van der Waals surface area contributed by atoms with E-state index in [1.807, 2.05) is 30.3 Å². The molecule has 0 saturated heterocycles. The number of benzene rings is 2. The van der Waals surface area contributed by atoms with E-state index in [4.69, 9.17) is 0 Å². The van der Waals surface area contributed by atoms with Gasteiger partial charge in [-0.05, 0) is 24.1 Å². The lowest BCUT2D eigenvalue weighted by molar-refractivity contribution is -0.384. The van der Waals surface area contributed by atoms with Gasteiger partial charge in [-0.1, -0.05) is 30.3 Å². The molecule has 0 aliphatic heterocycles. The summed E-state index contributed by atoms with van der Waals surface area (Å²) in [5.74, 6) is -0.901. The summed E-state index contributed by atoms with van der Waals surface area (Å²) in [5.41, 5.74) is -1.25. The second kappa shape index (κ2) is 8.13. The second-order valence-corrected chi connectivity index (χ2v) is 6.08. The molecule has 0 aliphatic carbocycles. The molecule has 1 N–H and O–H groups in total. The second-order valence-electron chi connectivity index (χ2n) is 6.08. The summed E-state index contributed by atoms with van der Waals surface area (Å²) in [5, 5.41) is 16.9. The molecule has 1 heterocycles. The van der Waals surface area contributed by atoms with Gasteiger partial charge in [0.2, 0.25) is 0 Å². The summed E-state index contributed by atoms with van der Waals surface area (Å²) >= 11 is 0. The zero-order valence-electron chi connectivity index (χ0n) is 14.9. The van der Waals surface area contributed by atoms with Gasteiger partial charge >= 0.3 is 6.18 Å². The molecule has 2 aromatic carbocycles. The van der Waals surface area contributed by atoms with Crippen molar-refractivity contribution < 1.29 is 22.9 Å². The molecule has 1 amide bonds. The predicted molar refractivity (Wildman–Crippen MR) is 97.7 cm³/mol. The van der Waals surface area contributed by atoms with Crippen molar-refractivity contribution in [1.82, 2.24) is 15.1 Å². The van der Waals surface area contributed by atoms with Crippen LogP contribution in [0.2, 0.25) is 0 Å². The fraction of sp³-hybridized carbons (Fsp3) is 0.158. The van der Waals surface area contributed by atoms with Gasteiger partial charge in [-0.2, -0.15) is 18.3 Å². The molecule has 0 aliphatic rings. The molecule has 29 heavy (non-hydrogen) atoms. The van der Waals surface area contributed by atoms with Crippen LogP contribution >= 0.6 is 0 Å². The molecule has 0 fully saturated rings. The Balaban J connectivity index is 1.83. The Bertz CT molecular complexity index is 1020. The van der Waals surface area contributed by atoms with Crippen molar-refractivity contribution in [3.63, 3.8) is 0 Å². The number of hydrogen-bond donors (Lipinski definition) is 1. The summed E-state index contributed by atoms with van der Waals surface area (Å²) in [6.45, 7) is 0.156. The molecule has 0 radical (unpaired) electrons. The average Bonchev–Trinajstić information content (AvgIpc) is 3.14. The molecule has 7 nitrogen and oxygen atoms in total. The van der Waals surface area contributed by atoms with Crippen molar-refractivity contribution in [2.75, 3.05) is 6.54 Å². The summed E-state index contributed by atoms with van der Waals surface area (Å²) in [4.78, 5) is 22.4. The Kier molecular flexibility index (Phi) is 5.62. The van der Waals surface area contributed by atoms with E-state index in [0.29, 0.717) is 11.1 Å². The first kappa shape index (κ1) is 20.1. The van der Waals surface area contributed by atoms with Gasteiger partial charge in [0, 0.05) is 18.7 Å². The van der Waals surface area contributed by atoms with Crippen LogP contribution in [0.5, 0.6) is 0 Å². The summed E-state index contributed by atoms with van der Waals surface area (Å²) < 4.78 is 41.5. The number of alkyl halides is 3. The van der Waals surface area contributed by atoms with Gasteiger partial charge in [-0.3, -0.25) is 14.9 Å². The van der Waals surface area contributed by atoms with Gasteiger partial charge in [0.15, 0.2) is 5.69 Å². The number of halogens is 3. The minimum absolute atomic E-state index is 0.0498. The Hall–Kier alpha value is -3.69. The molecule has 150 valence electrons. The average molecular weight is 404 g/mol. The van der Waals surface area contributed by atoms with Crippen LogP contribution in [-0.4, -0.2) is 27.2 Å². The third kappa shape index (κ3) is 4.60. The lowest BCUT2D eigenvalue weighted by atomic mass is 10.1. The molecular weight excluding hydrogens is 389 g/mol. The Labute approximate surface area is 162 Å². The van der Waals surface area contributed by atoms with Crippen LogP contribution in [0.25, 0.3) is 5.69 Å². The zero-order valence-corrected chi connectivity index (χ0v) is 14.9. The summed E-state index contributed by atoms with van der Waals surface area (Å²) in [7, 11) is 0. The maximum absolute atomic E-state index is 13.6. The smallest absolute Gasteiger partial charge is 0.352 e. The third-order valence-electron chi connectivity index (χ3n) is 4.13. The van der Waals surface area contributed by atoms with Crippen LogP contribution in [0.3, 0.4) is 0 Å². The third-order valence-corrected chi connectivity index (χ3v) is 4.13. The van der Waals surface area contributed by atoms with E-state index in [9.17, 15) is 28.1 Å². The number of non-ortho nitro benzene ring substituents is 1. The van der Waals surface area contributed by atoms with E-state index in [2.05, 4.69) is 10.4 Å². The van der Waals surface area contributed by atoms with Crippen molar-refractivity contribution in [2.24, 2.45) is 0 Å². The van der Waals surface area contributed by atoms with E-state index in [-0.39, 0.29) is 17.9 Å². The molecule has 0 unspecified atom stereocenters. The number of aromatic nitrogens is 2. The van der Waals surface area contributed by atoms with Gasteiger partial charge in [0.25, 0.3) is 11.6 Å². The van der Waals surface area contributed by atoms with Crippen molar-refractivity contribution in [2.45, 2.75) is 12.6 Å². The highest BCUT2D eigenvalue weighted by Crippen LogP contribution is 2.34. The number of amides is 1. The molecule has 0 saturated carbocycles. The Morgan fingerprint density at radius 3 is 2.34 bits per heavy atom. The number of nitrogens with zero attached hydrogens (tertiary/aromatic N) is 3. The first-order valence-electron chi connectivity index (χ1n) is 8.49. The number of carbonyl (C=O) groups is 1. The van der Waals surface area contributed by atoms with E-state index in [1.54, 1.807) is 0 Å². The largest absolute Gasteiger partial charge is 0.434 e. The standard InChI is InChI=1S/C19H15F3N4O3/c20-19(21,22)17-16(18(27)23-11-10-13-4-2-1-3-5-13)12-24-25(17)14-6-8-15(9-7-14)26(28)29/h1-9,12H,10-11H2,(H,23,27). The Morgan fingerprint density at radius 1 is 1.10 bits per heavy atom. The highest BCUT2D eigenvalue weighted by molar-refractivity contribution is 5.95. The van der Waals surface area contributed by atoms with Crippen LogP contribution in [0.1, 0.15) is 21.6 Å². The number of rotatable bonds is 6. The normalized spacial score (nSPS) is 11.3. The van der Waals surface area contributed by atoms with Crippen molar-refractivity contribution in [1.29, 1.82) is 0 Å². The summed E-state index contributed by atoms with van der Waals surface area (Å²) in [6.07, 6.45) is -3.56. The topological polar surface area (TPSA) is 90.1 Å². The zero-order chi connectivity index (χ0) is 21.0. The lowest BCUT2D eigenvalue weighted by Gasteiger charge is -2.13. The highest BCUT2D eigenvalue weighted by atomic mass is 19.4. The highest BCUT2D eigenvalue weighted by Gasteiger charge is 2.40. The van der Waals surface area contributed by atoms with E-state index in [0.717, 1.165) is 36.0 Å². The molecule has 3 rings (SSSR count). The number of nitrogens with one attached hydrogen (secondary N) is 1. The quantitative estimate of drug-likeness (QED) is 0.500. The molecular formula is C19H15F3N4O3. The van der Waals surface area contributed by atoms with Crippen molar-refractivity contribution >= 4 is 11.6 Å². The van der Waals surface area contributed by atoms with Gasteiger partial charge in [-0.25, -0.2) is 4.68 Å². The van der Waals surface area contributed by atoms with Crippen LogP contribution in [0.15, 0.2) is 60.8 Å². The van der Waals surface area contributed by atoms with Gasteiger partial charge in [0.1, 0.15) is 0 Å². The van der Waals surface area contributed by atoms with E-state index < -0.39 is 28.3 Å². The maximum atomic E-state index is 13.6. The summed E-state index contributed by atoms with van der Waals surface area (Å²) in [6, 6.07) is 13.6. The van der Waals surface area contributed by atoms with Gasteiger partial charge in [0.05, 0.1) is 22.4 Å². The molecule has 0 bridgehead atoms. The SMILES string of the molecule is O=C(NCCc1ccccc1)c1cnn(-c2ccc([N+](=O)[O-])cc2)c1C(F)(F)F. The predicted octanol–water partition coefficient (Wildman–Crippen LogP) is 3.77. The molecule has 0 atom stereocenters. The van der Waals surface area contributed by atoms with Crippen LogP contribution in [0, 0.1) is 10.1 Å². The molecule has 0 spiro atoms. The molecule has 10 heteroatoms. The maximum Gasteiger partial charge on any atom is 0.434 e. The van der Waals surface area contributed by atoms with E-state index in [1.165, 1.54) is 0 Å². The fourth-order valence-corrected chi connectivity index (χ4v) is 2.76. The van der Waals surface area contributed by atoms with Crippen LogP contribution < -0.4 is 5.32 Å².